The van der Waals surface area contributed by atoms with Gasteiger partial charge < -0.3 is 27.8 Å². The van der Waals surface area contributed by atoms with Gasteiger partial charge in [0.05, 0.1) is 50.7 Å². The zero-order chi connectivity index (χ0) is 90.3. The summed E-state index contributed by atoms with van der Waals surface area (Å²) in [6.45, 7) is 8.37. The zero-order valence-corrected chi connectivity index (χ0v) is 73.6. The Hall–Kier alpha value is -15.4. The van der Waals surface area contributed by atoms with E-state index in [1.54, 1.807) is 61.2 Å². The maximum Gasteiger partial charge on any atom is 0.417 e. The number of alkyl halides is 3. The Morgan fingerprint density at radius 2 is 0.669 bits per heavy atom. The number of piperazine rings is 1. The van der Waals surface area contributed by atoms with Gasteiger partial charge in [-0.2, -0.15) is 13.2 Å². The highest BCUT2D eigenvalue weighted by Crippen LogP contribution is 2.47. The van der Waals surface area contributed by atoms with Crippen molar-refractivity contribution < 1.29 is 13.2 Å². The average molecular weight is 1760 g/mol. The number of nitrogens with zero attached hydrogens (tertiary/aromatic N) is 21. The molecule has 25 rings (SSSR count). The predicted molar refractivity (Wildman–Crippen MR) is 517 cm³/mol. The summed E-state index contributed by atoms with van der Waals surface area (Å²) in [7, 11) is 2.16. The molecule has 12 aromatic heterocycles. The second kappa shape index (κ2) is 34.5. The highest BCUT2D eigenvalue weighted by Gasteiger charge is 2.40. The maximum atomic E-state index is 14.1. The molecule has 5 aliphatic rings. The van der Waals surface area contributed by atoms with Crippen molar-refractivity contribution in [1.82, 2.24) is 102 Å². The van der Waals surface area contributed by atoms with Gasteiger partial charge in [-0.15, -0.1) is 0 Å². The molecular weight excluding hydrogens is 1670 g/mol. The van der Waals surface area contributed by atoms with Crippen LogP contribution in [0.5, 0.6) is 0 Å². The van der Waals surface area contributed by atoms with Gasteiger partial charge in [-0.3, -0.25) is 27.5 Å². The lowest BCUT2D eigenvalue weighted by Gasteiger charge is -2.45. The Bertz CT molecular complexity index is 7610. The largest absolute Gasteiger partial charge is 0.417 e. The van der Waals surface area contributed by atoms with Crippen LogP contribution in [-0.4, -0.2) is 141 Å². The summed E-state index contributed by atoms with van der Waals surface area (Å²) in [5.41, 5.74) is 45.1. The quantitative estimate of drug-likeness (QED) is 0.0833. The summed E-state index contributed by atoms with van der Waals surface area (Å²) in [6, 6.07) is 64.2. The number of halogens is 3. The molecule has 8 aromatic carbocycles. The van der Waals surface area contributed by atoms with E-state index >= 15 is 0 Å². The van der Waals surface area contributed by atoms with Crippen LogP contribution in [0.1, 0.15) is 135 Å². The van der Waals surface area contributed by atoms with Crippen LogP contribution in [0.4, 0.5) is 36.4 Å². The Balaban J connectivity index is 0.000000104. The number of aromatic nitrogens is 19. The standard InChI is InChI=1S/C31H30F3N7.2C25H22N6.C24H20N6/c1-39-11-13-40(14-12-39)22-15-21(16-22)30-38-27(28-29(35)36-9-10-41(28)30)20-7-8-23-24(31(32,33)34)18-25(37-26(23)17-20)19-5-3-2-4-6-19;2*1-15-19-11-10-18(14-20(19)29-24(28-15)16-6-3-2-4-7-16)21-22-23(26)27-12-13-31(22)25(30-21)17-8-5-9-17;25-23-22-21(29-24(16-7-4-8-16)30(22)12-11-26-23)17-9-10-18-19(13-17)28-20(14-27-18)15-5-2-1-3-6-15/h2-10,17-18,21-22H,11-16H2,1H3,(H2,35,36);2*2-4,6-7,10-14,17H,5,8-9H2,1H3,(H2,26,27);1-3,5-6,9-14,16H,4,7-8H2,(H2,25,26). The first-order valence-electron chi connectivity index (χ1n) is 45.4. The Kier molecular flexibility index (Phi) is 21.6. The van der Waals surface area contributed by atoms with E-state index in [4.69, 9.17) is 67.8 Å². The molecule has 660 valence electrons. The third-order valence-electron chi connectivity index (χ3n) is 27.1. The number of likely N-dealkylation sites (N-methyl/N-ethyl adjacent to an activating group) is 1. The molecule has 0 unspecified atom stereocenters. The van der Waals surface area contributed by atoms with Crippen LogP contribution in [0.25, 0.3) is 156 Å². The molecule has 0 bridgehead atoms. The van der Waals surface area contributed by atoms with Crippen molar-refractivity contribution in [2.24, 2.45) is 0 Å². The zero-order valence-electron chi connectivity index (χ0n) is 73.6. The molecule has 133 heavy (non-hydrogen) atoms. The molecule has 20 aromatic rings. The van der Waals surface area contributed by atoms with Gasteiger partial charge in [-0.1, -0.05) is 183 Å². The van der Waals surface area contributed by atoms with E-state index in [1.165, 1.54) is 63.9 Å². The van der Waals surface area contributed by atoms with E-state index < -0.39 is 11.7 Å². The second-order valence-electron chi connectivity index (χ2n) is 35.4. The SMILES string of the molecule is CN1CCN(C2CC(c3nc(-c4ccc5c(C(F)(F)F)cc(-c6ccccc6)nc5c4)c4c(N)nccn34)C2)CC1.Cc1nc(-c2ccccc2)nc2cc(-c3nc(C4CCC4)n4ccnc(N)c34)ccc12.Cc1nc(-c2ccccc2)nc2cc(-c3nc(C4CCC4)n4ccnc(N)c34)ccc12.Nc1nccn2c(C3CCC3)nc(-c3ccc4ncc(-c5ccccc5)nc4c3)c12. The van der Waals surface area contributed by atoms with Gasteiger partial charge in [-0.25, -0.2) is 69.8 Å². The van der Waals surface area contributed by atoms with Crippen LogP contribution in [-0.2, 0) is 6.18 Å². The molecule has 28 heteroatoms. The van der Waals surface area contributed by atoms with Crippen molar-refractivity contribution >= 4 is 89.1 Å². The predicted octanol–water partition coefficient (Wildman–Crippen LogP) is 20.9. The summed E-state index contributed by atoms with van der Waals surface area (Å²) in [6.07, 6.45) is 24.8. The number of hydrogen-bond donors (Lipinski definition) is 4. The van der Waals surface area contributed by atoms with Crippen molar-refractivity contribution in [3.8, 4) is 90.3 Å². The summed E-state index contributed by atoms with van der Waals surface area (Å²) >= 11 is 0. The van der Waals surface area contributed by atoms with Gasteiger partial charge in [0.25, 0.3) is 0 Å². The first kappa shape index (κ1) is 83.2. The third kappa shape index (κ3) is 15.8. The third-order valence-corrected chi connectivity index (χ3v) is 27.1. The number of benzene rings is 8. The molecule has 4 saturated carbocycles. The topological polar surface area (TPSA) is 322 Å². The van der Waals surface area contributed by atoms with E-state index in [0.717, 1.165) is 197 Å². The van der Waals surface area contributed by atoms with Crippen LogP contribution in [0.3, 0.4) is 0 Å². The molecule has 4 aliphatic carbocycles. The summed E-state index contributed by atoms with van der Waals surface area (Å²) in [5, 5.41) is 2.12. The number of rotatable bonds is 13. The minimum Gasteiger partial charge on any atom is -0.382 e. The van der Waals surface area contributed by atoms with Crippen LogP contribution in [0.15, 0.2) is 256 Å². The Labute approximate surface area is 763 Å². The fourth-order valence-corrected chi connectivity index (χ4v) is 19.2. The summed E-state index contributed by atoms with van der Waals surface area (Å²) in [5.74, 6) is 9.15. The van der Waals surface area contributed by atoms with Crippen LogP contribution in [0.2, 0.25) is 0 Å². The smallest absolute Gasteiger partial charge is 0.382 e. The molecule has 25 nitrogen and oxygen atoms in total. The highest BCUT2D eigenvalue weighted by atomic mass is 19.4. The second-order valence-corrected chi connectivity index (χ2v) is 35.4. The van der Waals surface area contributed by atoms with Gasteiger partial charge in [0.15, 0.2) is 11.6 Å². The molecule has 0 atom stereocenters. The van der Waals surface area contributed by atoms with Gasteiger partial charge in [0.1, 0.15) is 91.4 Å². The van der Waals surface area contributed by atoms with E-state index in [-0.39, 0.29) is 22.5 Å². The molecule has 0 radical (unpaired) electrons. The van der Waals surface area contributed by atoms with Crippen molar-refractivity contribution in [2.45, 2.75) is 120 Å². The first-order valence-corrected chi connectivity index (χ1v) is 45.4. The molecule has 1 aliphatic heterocycles. The molecular formula is C105H94F3N25. The normalized spacial score (nSPS) is 16.2. The molecule has 5 fully saturated rings. The highest BCUT2D eigenvalue weighted by molar-refractivity contribution is 5.97. The number of imidazole rings is 4. The summed E-state index contributed by atoms with van der Waals surface area (Å²) < 4.78 is 50.8. The Morgan fingerprint density at radius 1 is 0.323 bits per heavy atom. The van der Waals surface area contributed by atoms with E-state index in [2.05, 4.69) is 96.4 Å². The minimum absolute atomic E-state index is 0.0461. The van der Waals surface area contributed by atoms with Crippen molar-refractivity contribution in [1.29, 1.82) is 0 Å². The summed E-state index contributed by atoms with van der Waals surface area (Å²) in [4.78, 5) is 75.7. The Morgan fingerprint density at radius 3 is 1.05 bits per heavy atom. The number of nitrogens with two attached hydrogens (primary N) is 4. The monoisotopic (exact) mass is 1760 g/mol. The maximum absolute atomic E-state index is 14.1. The van der Waals surface area contributed by atoms with E-state index in [1.807, 2.05) is 164 Å². The fourth-order valence-electron chi connectivity index (χ4n) is 19.2. The van der Waals surface area contributed by atoms with Gasteiger partial charge in [-0.05, 0) is 109 Å². The first-order chi connectivity index (χ1) is 64.9. The number of aryl methyl sites for hydroxylation is 2. The van der Waals surface area contributed by atoms with Gasteiger partial charge >= 0.3 is 6.18 Å². The van der Waals surface area contributed by atoms with Crippen LogP contribution < -0.4 is 22.9 Å². The lowest BCUT2D eigenvalue weighted by atomic mass is 9.78. The van der Waals surface area contributed by atoms with Crippen molar-refractivity contribution in [2.75, 3.05) is 56.2 Å². The van der Waals surface area contributed by atoms with Crippen molar-refractivity contribution in [3.05, 3.63) is 296 Å². The molecule has 8 N–H and O–H groups in total. The lowest BCUT2D eigenvalue weighted by Crippen LogP contribution is -2.52. The lowest BCUT2D eigenvalue weighted by molar-refractivity contribution is -0.136. The van der Waals surface area contributed by atoms with Gasteiger partial charge in [0, 0.05) is 178 Å². The van der Waals surface area contributed by atoms with Crippen molar-refractivity contribution in [3.63, 3.8) is 0 Å². The van der Waals surface area contributed by atoms with Crippen LogP contribution in [0, 0.1) is 13.8 Å². The molecule has 0 spiro atoms. The van der Waals surface area contributed by atoms with E-state index in [0.29, 0.717) is 69.4 Å². The number of fused-ring (bicyclic) bond motifs is 8. The number of hydrogen-bond acceptors (Lipinski definition) is 21. The van der Waals surface area contributed by atoms with Crippen LogP contribution >= 0.6 is 0 Å². The average Bonchev–Trinajstić information content (AvgIpc) is 1.61. The number of pyridine rings is 1. The minimum atomic E-state index is -4.53. The number of anilines is 4. The molecule has 1 saturated heterocycles. The van der Waals surface area contributed by atoms with Gasteiger partial charge in [0.2, 0.25) is 0 Å². The number of nitrogen functional groups attached to an aromatic ring is 4. The molecule has 0 amide bonds. The molecule has 13 heterocycles. The van der Waals surface area contributed by atoms with E-state index in [9.17, 15) is 13.2 Å². The fraction of sp³-hybridized carbons (Fsp3) is 0.229.